The zero-order valence-electron chi connectivity index (χ0n) is 17.9. The van der Waals surface area contributed by atoms with Gasteiger partial charge in [0.15, 0.2) is 0 Å². The highest BCUT2D eigenvalue weighted by molar-refractivity contribution is 5.75. The molecule has 5 rings (SSSR count). The average Bonchev–Trinajstić information content (AvgIpc) is 2.81. The molecule has 3 aromatic carbocycles. The molecule has 3 aromatic rings. The maximum absolute atomic E-state index is 2.67. The van der Waals surface area contributed by atoms with Crippen LogP contribution in [0.3, 0.4) is 0 Å². The predicted octanol–water partition coefficient (Wildman–Crippen LogP) is 6.86. The third kappa shape index (κ3) is 4.16. The van der Waals surface area contributed by atoms with Gasteiger partial charge in [-0.15, -0.1) is 0 Å². The Morgan fingerprint density at radius 2 is 1.38 bits per heavy atom. The topological polar surface area (TPSA) is 3.24 Å². The van der Waals surface area contributed by atoms with Crippen LogP contribution in [0.4, 0.5) is 0 Å². The van der Waals surface area contributed by atoms with E-state index in [1.807, 2.05) is 36.4 Å². The summed E-state index contributed by atoms with van der Waals surface area (Å²) in [5.74, 6) is 0. The molecule has 0 amide bonds. The molecule has 0 heterocycles. The van der Waals surface area contributed by atoms with E-state index in [0.717, 1.165) is 13.1 Å². The highest BCUT2D eigenvalue weighted by Gasteiger charge is 2.29. The molecule has 1 heteroatoms. The first-order valence-electron chi connectivity index (χ1n) is 11.3. The van der Waals surface area contributed by atoms with Crippen molar-refractivity contribution in [3.05, 3.63) is 95.1 Å². The van der Waals surface area contributed by atoms with Gasteiger partial charge >= 0.3 is 0 Å². The van der Waals surface area contributed by atoms with Crippen molar-refractivity contribution in [1.82, 2.24) is 4.90 Å². The molecule has 1 nitrogen and oxygen atoms in total. The zero-order valence-corrected chi connectivity index (χ0v) is 17.9. The van der Waals surface area contributed by atoms with E-state index in [4.69, 9.17) is 0 Å². The van der Waals surface area contributed by atoms with Crippen LogP contribution in [-0.4, -0.2) is 18.0 Å². The second-order valence-electron chi connectivity index (χ2n) is 8.11. The van der Waals surface area contributed by atoms with E-state index in [-0.39, 0.29) is 0 Å². The minimum atomic E-state index is 0.633. The van der Waals surface area contributed by atoms with E-state index >= 15 is 0 Å². The fraction of sp³-hybridized carbons (Fsp3) is 0.357. The van der Waals surface area contributed by atoms with Gasteiger partial charge in [-0.05, 0) is 78.6 Å². The highest BCUT2D eigenvalue weighted by atomic mass is 15.1. The van der Waals surface area contributed by atoms with Crippen LogP contribution in [0.5, 0.6) is 0 Å². The first-order chi connectivity index (χ1) is 14.3. The molecule has 29 heavy (non-hydrogen) atoms. The molecule has 2 aliphatic rings. The summed E-state index contributed by atoms with van der Waals surface area (Å²) < 4.78 is 0. The summed E-state index contributed by atoms with van der Waals surface area (Å²) in [5, 5.41) is 0. The van der Waals surface area contributed by atoms with Crippen LogP contribution < -0.4 is 0 Å². The Hall–Kier alpha value is -2.38. The molecule has 0 spiro atoms. The lowest BCUT2D eigenvalue weighted by Gasteiger charge is -2.38. The molecular weight excluding hydrogens is 350 g/mol. The second kappa shape index (κ2) is 9.41. The van der Waals surface area contributed by atoms with Gasteiger partial charge in [0.25, 0.3) is 0 Å². The minimum Gasteiger partial charge on any atom is -0.297 e. The lowest BCUT2D eigenvalue weighted by molar-refractivity contribution is 0.197. The van der Waals surface area contributed by atoms with Crippen molar-refractivity contribution in [3.8, 4) is 11.1 Å². The Kier molecular flexibility index (Phi) is 6.46. The first kappa shape index (κ1) is 19.9. The average molecular weight is 384 g/mol. The highest BCUT2D eigenvalue weighted by Crippen LogP contribution is 2.43. The summed E-state index contributed by atoms with van der Waals surface area (Å²) in [6, 6.07) is 26.4. The van der Waals surface area contributed by atoms with Crippen molar-refractivity contribution in [2.24, 2.45) is 0 Å². The summed E-state index contributed by atoms with van der Waals surface area (Å²) in [6.07, 6.45) is 6.34. The van der Waals surface area contributed by atoms with Crippen molar-refractivity contribution < 1.29 is 0 Å². The third-order valence-electron chi connectivity index (χ3n) is 6.58. The summed E-state index contributed by atoms with van der Waals surface area (Å²) in [5.41, 5.74) is 9.45. The molecular formula is C28H33N. The molecule has 1 unspecified atom stereocenters. The van der Waals surface area contributed by atoms with Gasteiger partial charge in [-0.3, -0.25) is 4.90 Å². The third-order valence-corrected chi connectivity index (χ3v) is 6.58. The summed E-state index contributed by atoms with van der Waals surface area (Å²) in [7, 11) is 0. The van der Waals surface area contributed by atoms with Gasteiger partial charge in [-0.2, -0.15) is 0 Å². The molecule has 0 fully saturated rings. The number of fused-ring (bicyclic) bond motifs is 5. The van der Waals surface area contributed by atoms with E-state index in [1.165, 1.54) is 48.8 Å². The van der Waals surface area contributed by atoms with Crippen LogP contribution in [0.15, 0.2) is 72.8 Å². The molecule has 0 bridgehead atoms. The maximum Gasteiger partial charge on any atom is 0.0353 e. The van der Waals surface area contributed by atoms with Crippen molar-refractivity contribution in [3.63, 3.8) is 0 Å². The van der Waals surface area contributed by atoms with Crippen LogP contribution in [0, 0.1) is 0 Å². The number of benzene rings is 3. The minimum absolute atomic E-state index is 0.633. The maximum atomic E-state index is 2.67. The Bertz CT molecular complexity index is 898. The van der Waals surface area contributed by atoms with Crippen LogP contribution in [0.25, 0.3) is 11.1 Å². The summed E-state index contributed by atoms with van der Waals surface area (Å²) in [4.78, 5) is 2.67. The number of hydrogen-bond donors (Lipinski definition) is 0. The monoisotopic (exact) mass is 383 g/mol. The fourth-order valence-corrected chi connectivity index (χ4v) is 5.17. The molecule has 1 atom stereocenters. The Morgan fingerprint density at radius 1 is 0.690 bits per heavy atom. The van der Waals surface area contributed by atoms with Gasteiger partial charge in [0.1, 0.15) is 0 Å². The van der Waals surface area contributed by atoms with Crippen molar-refractivity contribution >= 4 is 0 Å². The smallest absolute Gasteiger partial charge is 0.0353 e. The Balaban J connectivity index is 0.000000294. The van der Waals surface area contributed by atoms with Crippen LogP contribution in [-0.2, 0) is 19.3 Å². The Morgan fingerprint density at radius 3 is 2.07 bits per heavy atom. The number of hydrogen-bond acceptors (Lipinski definition) is 1. The quantitative estimate of drug-likeness (QED) is 0.477. The molecule has 150 valence electrons. The van der Waals surface area contributed by atoms with Gasteiger partial charge in [0.2, 0.25) is 0 Å². The van der Waals surface area contributed by atoms with Crippen molar-refractivity contribution in [1.29, 1.82) is 0 Å². The molecule has 2 aliphatic carbocycles. The van der Waals surface area contributed by atoms with Crippen molar-refractivity contribution in [2.45, 2.75) is 52.0 Å². The van der Waals surface area contributed by atoms with E-state index in [0.29, 0.717) is 6.04 Å². The van der Waals surface area contributed by atoms with Gasteiger partial charge in [0, 0.05) is 6.04 Å². The van der Waals surface area contributed by atoms with Crippen molar-refractivity contribution in [2.75, 3.05) is 13.1 Å². The van der Waals surface area contributed by atoms with Gasteiger partial charge in [-0.1, -0.05) is 86.6 Å². The first-order valence-corrected chi connectivity index (χ1v) is 11.3. The Labute approximate surface area is 176 Å². The van der Waals surface area contributed by atoms with E-state index in [9.17, 15) is 0 Å². The predicted molar refractivity (Wildman–Crippen MR) is 124 cm³/mol. The fourth-order valence-electron chi connectivity index (χ4n) is 5.17. The van der Waals surface area contributed by atoms with Crippen LogP contribution in [0.1, 0.15) is 55.0 Å². The van der Waals surface area contributed by atoms with Crippen LogP contribution in [0.2, 0.25) is 0 Å². The molecule has 0 saturated heterocycles. The lowest BCUT2D eigenvalue weighted by atomic mass is 9.76. The van der Waals surface area contributed by atoms with E-state index in [1.54, 1.807) is 16.7 Å². The lowest BCUT2D eigenvalue weighted by Crippen LogP contribution is -2.32. The number of nitrogens with zero attached hydrogens (tertiary/aromatic N) is 1. The van der Waals surface area contributed by atoms with Gasteiger partial charge < -0.3 is 0 Å². The molecule has 0 N–H and O–H groups in total. The number of aryl methyl sites for hydroxylation is 2. The van der Waals surface area contributed by atoms with Crippen LogP contribution >= 0.6 is 0 Å². The van der Waals surface area contributed by atoms with E-state index < -0.39 is 0 Å². The number of rotatable bonds is 3. The molecule has 0 saturated carbocycles. The van der Waals surface area contributed by atoms with Gasteiger partial charge in [-0.25, -0.2) is 0 Å². The SMILES string of the molecule is CCN(CC)C1CCCc2ccc3c(c21)CCc1ccccc1-3.c1ccccc1. The molecule has 0 aromatic heterocycles. The standard InChI is InChI=1S/C22H27N.C6H6/c1-3-23(4-2)21-11-7-9-17-13-14-19-18-10-6-5-8-16(18)12-15-20(19)22(17)21;1-2-4-6-5-3-1/h5-6,8,10,13-14,21H,3-4,7,9,11-12,15H2,1-2H3;1-6H. The molecule has 0 radical (unpaired) electrons. The zero-order chi connectivity index (χ0) is 20.1. The summed E-state index contributed by atoms with van der Waals surface area (Å²) >= 11 is 0. The molecule has 0 aliphatic heterocycles. The second-order valence-corrected chi connectivity index (χ2v) is 8.11. The largest absolute Gasteiger partial charge is 0.297 e. The summed E-state index contributed by atoms with van der Waals surface area (Å²) in [6.45, 7) is 6.92. The van der Waals surface area contributed by atoms with E-state index in [2.05, 4.69) is 55.1 Å². The van der Waals surface area contributed by atoms with Gasteiger partial charge in [0.05, 0.1) is 0 Å². The normalized spacial score (nSPS) is 16.9.